The van der Waals surface area contributed by atoms with Crippen molar-refractivity contribution in [2.45, 2.75) is 32.4 Å². The molecule has 2 unspecified atom stereocenters. The summed E-state index contributed by atoms with van der Waals surface area (Å²) in [6, 6.07) is 10.7. The quantitative estimate of drug-likeness (QED) is 0.928. The Balaban J connectivity index is 1.54. The van der Waals surface area contributed by atoms with Crippen molar-refractivity contribution >= 4 is 5.91 Å². The van der Waals surface area contributed by atoms with Crippen molar-refractivity contribution in [2.24, 2.45) is 5.92 Å². The summed E-state index contributed by atoms with van der Waals surface area (Å²) >= 11 is 0. The SMILES string of the molecule is CC1CN(Cc2ccccc2)CC1NC(=O)C1=COCCC1. The third kappa shape index (κ3) is 3.69. The summed E-state index contributed by atoms with van der Waals surface area (Å²) in [7, 11) is 0. The minimum absolute atomic E-state index is 0.0399. The molecule has 0 aliphatic carbocycles. The second-order valence-corrected chi connectivity index (χ2v) is 6.35. The van der Waals surface area contributed by atoms with E-state index < -0.39 is 0 Å². The van der Waals surface area contributed by atoms with E-state index in [1.54, 1.807) is 6.26 Å². The lowest BCUT2D eigenvalue weighted by Gasteiger charge is -2.19. The van der Waals surface area contributed by atoms with Gasteiger partial charge in [-0.1, -0.05) is 37.3 Å². The first-order valence-corrected chi connectivity index (χ1v) is 8.10. The number of carbonyl (C=O) groups excluding carboxylic acids is 1. The third-order valence-corrected chi connectivity index (χ3v) is 4.48. The van der Waals surface area contributed by atoms with Gasteiger partial charge in [0.15, 0.2) is 0 Å². The molecule has 1 aromatic rings. The summed E-state index contributed by atoms with van der Waals surface area (Å²) in [5.74, 6) is 0.510. The predicted octanol–water partition coefficient (Wildman–Crippen LogP) is 2.32. The molecule has 0 aromatic heterocycles. The van der Waals surface area contributed by atoms with Crippen LogP contribution in [0.2, 0.25) is 0 Å². The zero-order chi connectivity index (χ0) is 15.4. The van der Waals surface area contributed by atoms with E-state index in [1.165, 1.54) is 5.56 Å². The first-order valence-electron chi connectivity index (χ1n) is 8.10. The number of nitrogens with one attached hydrogen (secondary N) is 1. The van der Waals surface area contributed by atoms with Crippen LogP contribution >= 0.6 is 0 Å². The molecule has 3 rings (SSSR count). The normalized spacial score (nSPS) is 25.4. The van der Waals surface area contributed by atoms with Crippen molar-refractivity contribution in [2.75, 3.05) is 19.7 Å². The Morgan fingerprint density at radius 1 is 1.32 bits per heavy atom. The van der Waals surface area contributed by atoms with E-state index in [0.717, 1.165) is 44.7 Å². The van der Waals surface area contributed by atoms with Crippen LogP contribution in [0.15, 0.2) is 42.2 Å². The molecule has 4 nitrogen and oxygen atoms in total. The van der Waals surface area contributed by atoms with Gasteiger partial charge in [0, 0.05) is 25.7 Å². The summed E-state index contributed by atoms with van der Waals surface area (Å²) < 4.78 is 5.26. The molecule has 0 radical (unpaired) electrons. The van der Waals surface area contributed by atoms with Crippen molar-refractivity contribution in [1.29, 1.82) is 0 Å². The highest BCUT2D eigenvalue weighted by Gasteiger charge is 2.31. The number of benzene rings is 1. The molecular weight excluding hydrogens is 276 g/mol. The minimum Gasteiger partial charge on any atom is -0.501 e. The van der Waals surface area contributed by atoms with Crippen LogP contribution in [0.4, 0.5) is 0 Å². The summed E-state index contributed by atoms with van der Waals surface area (Å²) in [4.78, 5) is 14.7. The Morgan fingerprint density at radius 2 is 2.14 bits per heavy atom. The Labute approximate surface area is 132 Å². The fraction of sp³-hybridized carbons (Fsp3) is 0.500. The highest BCUT2D eigenvalue weighted by Crippen LogP contribution is 2.20. The van der Waals surface area contributed by atoms with Gasteiger partial charge in [-0.15, -0.1) is 0 Å². The van der Waals surface area contributed by atoms with E-state index in [2.05, 4.69) is 41.4 Å². The fourth-order valence-electron chi connectivity index (χ4n) is 3.22. The highest BCUT2D eigenvalue weighted by atomic mass is 16.5. The molecule has 0 spiro atoms. The van der Waals surface area contributed by atoms with Crippen LogP contribution in [0.25, 0.3) is 0 Å². The fourth-order valence-corrected chi connectivity index (χ4v) is 3.22. The van der Waals surface area contributed by atoms with Crippen LogP contribution in [-0.2, 0) is 16.1 Å². The van der Waals surface area contributed by atoms with E-state index >= 15 is 0 Å². The molecule has 1 fully saturated rings. The number of carbonyl (C=O) groups is 1. The summed E-state index contributed by atoms with van der Waals surface area (Å²) in [5.41, 5.74) is 2.10. The lowest BCUT2D eigenvalue weighted by molar-refractivity contribution is -0.118. The lowest BCUT2D eigenvalue weighted by atomic mass is 10.0. The number of nitrogens with zero attached hydrogens (tertiary/aromatic N) is 1. The van der Waals surface area contributed by atoms with Crippen LogP contribution in [0, 0.1) is 5.92 Å². The number of amides is 1. The molecule has 2 heterocycles. The zero-order valence-corrected chi connectivity index (χ0v) is 13.1. The zero-order valence-electron chi connectivity index (χ0n) is 13.1. The van der Waals surface area contributed by atoms with Crippen LogP contribution < -0.4 is 5.32 Å². The minimum atomic E-state index is 0.0399. The number of ether oxygens (including phenoxy) is 1. The number of hydrogen-bond donors (Lipinski definition) is 1. The molecule has 22 heavy (non-hydrogen) atoms. The smallest absolute Gasteiger partial charge is 0.250 e. The van der Waals surface area contributed by atoms with Crippen molar-refractivity contribution in [3.8, 4) is 0 Å². The van der Waals surface area contributed by atoms with Crippen LogP contribution in [0.1, 0.15) is 25.3 Å². The standard InChI is InChI=1S/C18H24N2O2/c1-14-10-20(11-15-6-3-2-4-7-15)12-17(14)19-18(21)16-8-5-9-22-13-16/h2-4,6-7,13-14,17H,5,8-12H2,1H3,(H,19,21). The Hall–Kier alpha value is -1.81. The third-order valence-electron chi connectivity index (χ3n) is 4.48. The second kappa shape index (κ2) is 6.97. The Kier molecular flexibility index (Phi) is 4.78. The van der Waals surface area contributed by atoms with E-state index in [9.17, 15) is 4.79 Å². The monoisotopic (exact) mass is 300 g/mol. The number of rotatable bonds is 4. The first kappa shape index (κ1) is 15.1. The molecule has 118 valence electrons. The van der Waals surface area contributed by atoms with Gasteiger partial charge in [-0.25, -0.2) is 0 Å². The summed E-state index contributed by atoms with van der Waals surface area (Å²) in [6.45, 7) is 5.82. The van der Waals surface area contributed by atoms with E-state index in [1.807, 2.05) is 6.07 Å². The van der Waals surface area contributed by atoms with Crippen LogP contribution in [0.3, 0.4) is 0 Å². The highest BCUT2D eigenvalue weighted by molar-refractivity contribution is 5.93. The lowest BCUT2D eigenvalue weighted by Crippen LogP contribution is -2.40. The van der Waals surface area contributed by atoms with Gasteiger partial charge in [-0.2, -0.15) is 0 Å². The van der Waals surface area contributed by atoms with Gasteiger partial charge in [0.05, 0.1) is 18.4 Å². The largest absolute Gasteiger partial charge is 0.501 e. The molecule has 1 amide bonds. The summed E-state index contributed by atoms with van der Waals surface area (Å²) in [6.07, 6.45) is 3.38. The average molecular weight is 300 g/mol. The maximum Gasteiger partial charge on any atom is 0.250 e. The Morgan fingerprint density at radius 3 is 2.86 bits per heavy atom. The molecular formula is C18H24N2O2. The van der Waals surface area contributed by atoms with Crippen molar-refractivity contribution in [1.82, 2.24) is 10.2 Å². The van der Waals surface area contributed by atoms with Gasteiger partial charge >= 0.3 is 0 Å². The van der Waals surface area contributed by atoms with Crippen LogP contribution in [-0.4, -0.2) is 36.5 Å². The number of hydrogen-bond acceptors (Lipinski definition) is 3. The maximum absolute atomic E-state index is 12.3. The molecule has 0 bridgehead atoms. The summed E-state index contributed by atoms with van der Waals surface area (Å²) in [5, 5.41) is 3.19. The van der Waals surface area contributed by atoms with Crippen molar-refractivity contribution < 1.29 is 9.53 Å². The van der Waals surface area contributed by atoms with Crippen molar-refractivity contribution in [3.05, 3.63) is 47.7 Å². The van der Waals surface area contributed by atoms with E-state index in [-0.39, 0.29) is 11.9 Å². The van der Waals surface area contributed by atoms with E-state index in [4.69, 9.17) is 4.74 Å². The van der Waals surface area contributed by atoms with Gasteiger partial charge in [0.1, 0.15) is 0 Å². The molecule has 2 aliphatic heterocycles. The molecule has 1 N–H and O–H groups in total. The molecule has 4 heteroatoms. The van der Waals surface area contributed by atoms with Crippen LogP contribution in [0.5, 0.6) is 0 Å². The molecule has 0 saturated carbocycles. The maximum atomic E-state index is 12.3. The molecule has 1 saturated heterocycles. The predicted molar refractivity (Wildman–Crippen MR) is 86.1 cm³/mol. The van der Waals surface area contributed by atoms with Crippen molar-refractivity contribution in [3.63, 3.8) is 0 Å². The number of likely N-dealkylation sites (tertiary alicyclic amines) is 1. The van der Waals surface area contributed by atoms with Gasteiger partial charge in [0.25, 0.3) is 5.91 Å². The van der Waals surface area contributed by atoms with Gasteiger partial charge in [-0.3, -0.25) is 9.69 Å². The van der Waals surface area contributed by atoms with Gasteiger partial charge < -0.3 is 10.1 Å². The second-order valence-electron chi connectivity index (χ2n) is 6.35. The van der Waals surface area contributed by atoms with E-state index in [0.29, 0.717) is 5.92 Å². The molecule has 2 aliphatic rings. The Bertz CT molecular complexity index is 541. The van der Waals surface area contributed by atoms with Gasteiger partial charge in [-0.05, 0) is 24.3 Å². The first-order chi connectivity index (χ1) is 10.7. The van der Waals surface area contributed by atoms with Gasteiger partial charge in [0.2, 0.25) is 0 Å². The molecule has 2 atom stereocenters. The molecule has 1 aromatic carbocycles. The topological polar surface area (TPSA) is 41.6 Å². The average Bonchev–Trinajstić information content (AvgIpc) is 2.88.